The van der Waals surface area contributed by atoms with Crippen LogP contribution in [-0.2, 0) is 0 Å². The van der Waals surface area contributed by atoms with Crippen LogP contribution in [0.4, 0.5) is 0 Å². The van der Waals surface area contributed by atoms with Crippen molar-refractivity contribution >= 4 is 23.4 Å². The number of methoxy groups -OCH3 is 1. The van der Waals surface area contributed by atoms with E-state index in [1.54, 1.807) is 7.11 Å². The summed E-state index contributed by atoms with van der Waals surface area (Å²) in [5, 5.41) is 4.97. The van der Waals surface area contributed by atoms with E-state index in [0.717, 1.165) is 24.5 Å². The first-order valence-corrected chi connectivity index (χ1v) is 8.73. The molecule has 0 bridgehead atoms. The smallest absolute Gasteiger partial charge is 0.137 e. The number of hydrogen-bond donors (Lipinski definition) is 1. The predicted octanol–water partition coefficient (Wildman–Crippen LogP) is 4.92. The van der Waals surface area contributed by atoms with Gasteiger partial charge in [0.1, 0.15) is 5.75 Å². The van der Waals surface area contributed by atoms with E-state index in [2.05, 4.69) is 32.2 Å². The van der Waals surface area contributed by atoms with Crippen molar-refractivity contribution in [2.75, 3.05) is 19.4 Å². The van der Waals surface area contributed by atoms with E-state index in [9.17, 15) is 0 Å². The number of rotatable bonds is 9. The maximum absolute atomic E-state index is 6.10. The minimum Gasteiger partial charge on any atom is -0.495 e. The standard InChI is InChI=1S/C16H26ClNOS/c1-5-9-18-15(11-20-12(3)6-2)13-7-8-14(17)16(10-13)19-4/h7-8,10,12,15,18H,5-6,9,11H2,1-4H3. The summed E-state index contributed by atoms with van der Waals surface area (Å²) in [6.45, 7) is 7.73. The molecule has 0 radical (unpaired) electrons. The van der Waals surface area contributed by atoms with Gasteiger partial charge in [-0.3, -0.25) is 0 Å². The van der Waals surface area contributed by atoms with Gasteiger partial charge in [-0.1, -0.05) is 38.4 Å². The first-order valence-electron chi connectivity index (χ1n) is 7.30. The molecule has 2 nitrogen and oxygen atoms in total. The molecule has 0 aromatic heterocycles. The highest BCUT2D eigenvalue weighted by Gasteiger charge is 2.14. The Bertz CT molecular complexity index is 400. The summed E-state index contributed by atoms with van der Waals surface area (Å²) >= 11 is 8.12. The molecule has 0 saturated carbocycles. The van der Waals surface area contributed by atoms with Crippen LogP contribution in [0.5, 0.6) is 5.75 Å². The van der Waals surface area contributed by atoms with Crippen molar-refractivity contribution in [3.63, 3.8) is 0 Å². The molecule has 0 spiro atoms. The summed E-state index contributed by atoms with van der Waals surface area (Å²) in [6, 6.07) is 6.41. The highest BCUT2D eigenvalue weighted by atomic mass is 35.5. The Morgan fingerprint density at radius 2 is 2.10 bits per heavy atom. The maximum atomic E-state index is 6.10. The van der Waals surface area contributed by atoms with Crippen LogP contribution in [0.2, 0.25) is 5.02 Å². The maximum Gasteiger partial charge on any atom is 0.137 e. The van der Waals surface area contributed by atoms with Crippen molar-refractivity contribution < 1.29 is 4.74 Å². The lowest BCUT2D eigenvalue weighted by Crippen LogP contribution is -2.24. The molecule has 1 rings (SSSR count). The monoisotopic (exact) mass is 315 g/mol. The summed E-state index contributed by atoms with van der Waals surface area (Å²) in [5.41, 5.74) is 1.25. The second-order valence-corrected chi connectivity index (χ2v) is 6.83. The predicted molar refractivity (Wildman–Crippen MR) is 91.2 cm³/mol. The third kappa shape index (κ3) is 5.55. The van der Waals surface area contributed by atoms with Gasteiger partial charge in [-0.05, 0) is 37.1 Å². The number of hydrogen-bond acceptors (Lipinski definition) is 3. The van der Waals surface area contributed by atoms with Gasteiger partial charge in [-0.15, -0.1) is 0 Å². The Kier molecular flexibility index (Phi) is 8.43. The van der Waals surface area contributed by atoms with Gasteiger partial charge < -0.3 is 10.1 Å². The zero-order valence-corrected chi connectivity index (χ0v) is 14.5. The molecule has 2 unspecified atom stereocenters. The molecule has 1 aromatic carbocycles. The van der Waals surface area contributed by atoms with E-state index in [4.69, 9.17) is 16.3 Å². The third-order valence-electron chi connectivity index (χ3n) is 3.34. The van der Waals surface area contributed by atoms with Crippen molar-refractivity contribution in [3.8, 4) is 5.75 Å². The highest BCUT2D eigenvalue weighted by Crippen LogP contribution is 2.30. The molecule has 0 aliphatic heterocycles. The van der Waals surface area contributed by atoms with Crippen molar-refractivity contribution in [3.05, 3.63) is 28.8 Å². The van der Waals surface area contributed by atoms with Crippen molar-refractivity contribution in [1.82, 2.24) is 5.32 Å². The summed E-state index contributed by atoms with van der Waals surface area (Å²) in [4.78, 5) is 0. The molecule has 1 N–H and O–H groups in total. The average Bonchev–Trinajstić information content (AvgIpc) is 2.47. The van der Waals surface area contributed by atoms with E-state index >= 15 is 0 Å². The molecule has 0 amide bonds. The number of benzene rings is 1. The second kappa shape index (κ2) is 9.54. The van der Waals surface area contributed by atoms with E-state index in [-0.39, 0.29) is 0 Å². The topological polar surface area (TPSA) is 21.3 Å². The van der Waals surface area contributed by atoms with Crippen molar-refractivity contribution in [1.29, 1.82) is 0 Å². The molecule has 4 heteroatoms. The lowest BCUT2D eigenvalue weighted by atomic mass is 10.1. The summed E-state index contributed by atoms with van der Waals surface area (Å²) in [6.07, 6.45) is 2.34. The number of ether oxygens (including phenoxy) is 1. The van der Waals surface area contributed by atoms with Crippen LogP contribution in [0.15, 0.2) is 18.2 Å². The average molecular weight is 316 g/mol. The van der Waals surface area contributed by atoms with Gasteiger partial charge in [0.25, 0.3) is 0 Å². The Morgan fingerprint density at radius 3 is 2.70 bits per heavy atom. The number of thioether (sulfide) groups is 1. The molecular formula is C16H26ClNOS. The first kappa shape index (κ1) is 17.7. The van der Waals surface area contributed by atoms with Gasteiger partial charge in [-0.2, -0.15) is 11.8 Å². The summed E-state index contributed by atoms with van der Waals surface area (Å²) < 4.78 is 5.32. The van der Waals surface area contributed by atoms with Crippen LogP contribution in [0.3, 0.4) is 0 Å². The van der Waals surface area contributed by atoms with Gasteiger partial charge >= 0.3 is 0 Å². The van der Waals surface area contributed by atoms with Crippen LogP contribution in [-0.4, -0.2) is 24.7 Å². The zero-order valence-electron chi connectivity index (χ0n) is 12.9. The van der Waals surface area contributed by atoms with Crippen molar-refractivity contribution in [2.24, 2.45) is 0 Å². The molecule has 1 aromatic rings. The van der Waals surface area contributed by atoms with Crippen LogP contribution >= 0.6 is 23.4 Å². The van der Waals surface area contributed by atoms with Gasteiger partial charge in [-0.25, -0.2) is 0 Å². The molecule has 0 saturated heterocycles. The summed E-state index contributed by atoms with van der Waals surface area (Å²) in [7, 11) is 1.66. The van der Waals surface area contributed by atoms with Gasteiger partial charge in [0.2, 0.25) is 0 Å². The normalized spacial score (nSPS) is 14.1. The lowest BCUT2D eigenvalue weighted by molar-refractivity contribution is 0.413. The fourth-order valence-electron chi connectivity index (χ4n) is 1.86. The van der Waals surface area contributed by atoms with Crippen LogP contribution < -0.4 is 10.1 Å². The van der Waals surface area contributed by atoms with Gasteiger partial charge in [0.05, 0.1) is 12.1 Å². The third-order valence-corrected chi connectivity index (χ3v) is 5.08. The Hall–Kier alpha value is -0.380. The number of halogens is 1. The minimum atomic E-state index is 0.347. The van der Waals surface area contributed by atoms with E-state index in [1.807, 2.05) is 23.9 Å². The highest BCUT2D eigenvalue weighted by molar-refractivity contribution is 7.99. The first-order chi connectivity index (χ1) is 9.62. The molecule has 0 aliphatic rings. The SMILES string of the molecule is CCCNC(CSC(C)CC)c1ccc(Cl)c(OC)c1. The fraction of sp³-hybridized carbons (Fsp3) is 0.625. The molecule has 0 heterocycles. The Balaban J connectivity index is 2.80. The summed E-state index contributed by atoms with van der Waals surface area (Å²) in [5.74, 6) is 1.82. The van der Waals surface area contributed by atoms with E-state index < -0.39 is 0 Å². The molecule has 20 heavy (non-hydrogen) atoms. The lowest BCUT2D eigenvalue weighted by Gasteiger charge is -2.21. The Morgan fingerprint density at radius 1 is 1.35 bits per heavy atom. The van der Waals surface area contributed by atoms with Crippen LogP contribution in [0.1, 0.15) is 45.2 Å². The minimum absolute atomic E-state index is 0.347. The van der Waals surface area contributed by atoms with Gasteiger partial charge in [0.15, 0.2) is 0 Å². The zero-order chi connectivity index (χ0) is 15.0. The molecule has 0 fully saturated rings. The Labute approximate surface area is 132 Å². The van der Waals surface area contributed by atoms with E-state index in [0.29, 0.717) is 16.3 Å². The second-order valence-electron chi connectivity index (χ2n) is 4.95. The van der Waals surface area contributed by atoms with E-state index in [1.165, 1.54) is 12.0 Å². The number of nitrogens with one attached hydrogen (secondary N) is 1. The molecule has 0 aliphatic carbocycles. The van der Waals surface area contributed by atoms with Gasteiger partial charge in [0, 0.05) is 17.0 Å². The van der Waals surface area contributed by atoms with Crippen LogP contribution in [0.25, 0.3) is 0 Å². The van der Waals surface area contributed by atoms with Crippen molar-refractivity contribution in [2.45, 2.75) is 44.9 Å². The van der Waals surface area contributed by atoms with Crippen LogP contribution in [0, 0.1) is 0 Å². The molecule has 114 valence electrons. The quantitative estimate of drug-likeness (QED) is 0.698. The fourth-order valence-corrected chi connectivity index (χ4v) is 3.12. The molecular weight excluding hydrogens is 290 g/mol. The molecule has 2 atom stereocenters. The largest absolute Gasteiger partial charge is 0.495 e.